The molecule has 1 amide bonds. The molecule has 1 atom stereocenters. The van der Waals surface area contributed by atoms with Crippen LogP contribution in [0.1, 0.15) is 18.9 Å². The van der Waals surface area contributed by atoms with Crippen molar-refractivity contribution in [1.29, 1.82) is 0 Å². The Labute approximate surface area is 112 Å². The molecule has 0 aliphatic rings. The number of nitrogens with one attached hydrogen (secondary N) is 1. The molecule has 104 valence electrons. The number of carbonyl (C=O) groups excluding carboxylic acids is 2. The van der Waals surface area contributed by atoms with E-state index >= 15 is 0 Å². The van der Waals surface area contributed by atoms with Crippen molar-refractivity contribution in [3.05, 3.63) is 29.8 Å². The highest BCUT2D eigenvalue weighted by molar-refractivity contribution is 5.79. The summed E-state index contributed by atoms with van der Waals surface area (Å²) in [4.78, 5) is 22.6. The summed E-state index contributed by atoms with van der Waals surface area (Å²) in [5.74, 6) is 0.0607. The number of aryl methyl sites for hydroxylation is 1. The van der Waals surface area contributed by atoms with Crippen LogP contribution in [0.3, 0.4) is 0 Å². The number of amides is 1. The van der Waals surface area contributed by atoms with Gasteiger partial charge in [-0.3, -0.25) is 9.59 Å². The fraction of sp³-hybridized carbons (Fsp3) is 0.429. The van der Waals surface area contributed by atoms with Crippen LogP contribution in [-0.4, -0.2) is 31.6 Å². The fourth-order valence-electron chi connectivity index (χ4n) is 1.56. The molecular weight excluding hydrogens is 246 g/mol. The lowest BCUT2D eigenvalue weighted by Gasteiger charge is -2.13. The van der Waals surface area contributed by atoms with Crippen LogP contribution in [-0.2, 0) is 14.3 Å². The average molecular weight is 265 g/mol. The highest BCUT2D eigenvalue weighted by Crippen LogP contribution is 2.15. The van der Waals surface area contributed by atoms with Gasteiger partial charge >= 0.3 is 5.97 Å². The van der Waals surface area contributed by atoms with Crippen molar-refractivity contribution in [1.82, 2.24) is 5.32 Å². The van der Waals surface area contributed by atoms with Gasteiger partial charge in [-0.15, -0.1) is 0 Å². The van der Waals surface area contributed by atoms with Crippen LogP contribution in [0.4, 0.5) is 0 Å². The lowest BCUT2D eigenvalue weighted by atomic mass is 10.2. The third kappa shape index (κ3) is 5.42. The van der Waals surface area contributed by atoms with Crippen molar-refractivity contribution in [2.45, 2.75) is 26.3 Å². The zero-order valence-corrected chi connectivity index (χ0v) is 11.4. The average Bonchev–Trinajstić information content (AvgIpc) is 2.37. The van der Waals surface area contributed by atoms with E-state index in [1.807, 2.05) is 25.1 Å². The van der Waals surface area contributed by atoms with Gasteiger partial charge in [0.2, 0.25) is 0 Å². The largest absolute Gasteiger partial charge is 0.484 e. The maximum absolute atomic E-state index is 11.6. The summed E-state index contributed by atoms with van der Waals surface area (Å²) >= 11 is 0. The van der Waals surface area contributed by atoms with E-state index in [1.54, 1.807) is 13.0 Å². The summed E-state index contributed by atoms with van der Waals surface area (Å²) in [5, 5.41) is 2.67. The number of methoxy groups -OCH3 is 1. The van der Waals surface area contributed by atoms with Crippen molar-refractivity contribution in [2.24, 2.45) is 0 Å². The van der Waals surface area contributed by atoms with Crippen LogP contribution < -0.4 is 10.1 Å². The molecule has 5 heteroatoms. The molecule has 0 fully saturated rings. The van der Waals surface area contributed by atoms with Gasteiger partial charge in [0.05, 0.1) is 13.5 Å². The second-order valence-corrected chi connectivity index (χ2v) is 4.30. The number of ether oxygens (including phenoxy) is 2. The smallest absolute Gasteiger partial charge is 0.307 e. The molecule has 1 unspecified atom stereocenters. The molecule has 5 nitrogen and oxygen atoms in total. The first-order valence-corrected chi connectivity index (χ1v) is 6.07. The molecule has 0 aliphatic carbocycles. The standard InChI is InChI=1S/C14H19NO4/c1-10-6-4-5-7-12(10)19-9-13(16)15-11(2)8-14(17)18-3/h4-7,11H,8-9H2,1-3H3,(H,15,16). The van der Waals surface area contributed by atoms with Gasteiger partial charge in [0, 0.05) is 6.04 Å². The lowest BCUT2D eigenvalue weighted by molar-refractivity contribution is -0.141. The van der Waals surface area contributed by atoms with Crippen LogP contribution in [0.15, 0.2) is 24.3 Å². The molecule has 0 saturated heterocycles. The Balaban J connectivity index is 2.36. The second-order valence-electron chi connectivity index (χ2n) is 4.30. The molecule has 1 aromatic rings. The third-order valence-corrected chi connectivity index (χ3v) is 2.56. The van der Waals surface area contributed by atoms with Gasteiger partial charge in [-0.2, -0.15) is 0 Å². The molecule has 0 spiro atoms. The van der Waals surface area contributed by atoms with Gasteiger partial charge in [0.15, 0.2) is 6.61 Å². The Kier molecular flexibility index (Phi) is 5.85. The van der Waals surface area contributed by atoms with E-state index in [1.165, 1.54) is 7.11 Å². The zero-order chi connectivity index (χ0) is 14.3. The Morgan fingerprint density at radius 2 is 2.00 bits per heavy atom. The molecular formula is C14H19NO4. The molecule has 0 aromatic heterocycles. The molecule has 0 bridgehead atoms. The Bertz CT molecular complexity index is 445. The second kappa shape index (κ2) is 7.41. The minimum atomic E-state index is -0.354. The number of benzene rings is 1. The summed E-state index contributed by atoms with van der Waals surface area (Å²) in [6, 6.07) is 7.19. The fourth-order valence-corrected chi connectivity index (χ4v) is 1.56. The minimum absolute atomic E-state index is 0.0730. The normalized spacial score (nSPS) is 11.5. The maximum Gasteiger partial charge on any atom is 0.307 e. The molecule has 0 saturated carbocycles. The summed E-state index contributed by atoms with van der Waals surface area (Å²) < 4.78 is 9.93. The maximum atomic E-state index is 11.6. The molecule has 0 aliphatic heterocycles. The van der Waals surface area contributed by atoms with Crippen LogP contribution in [0.25, 0.3) is 0 Å². The first-order valence-electron chi connectivity index (χ1n) is 6.07. The quantitative estimate of drug-likeness (QED) is 0.790. The van der Waals surface area contributed by atoms with Crippen molar-refractivity contribution < 1.29 is 19.1 Å². The zero-order valence-electron chi connectivity index (χ0n) is 11.4. The minimum Gasteiger partial charge on any atom is -0.484 e. The van der Waals surface area contributed by atoms with Gasteiger partial charge in [-0.25, -0.2) is 0 Å². The molecule has 0 heterocycles. The van der Waals surface area contributed by atoms with Crippen LogP contribution >= 0.6 is 0 Å². The Hall–Kier alpha value is -2.04. The number of rotatable bonds is 6. The SMILES string of the molecule is COC(=O)CC(C)NC(=O)COc1ccccc1C. The van der Waals surface area contributed by atoms with E-state index in [4.69, 9.17) is 4.74 Å². The number of hydrogen-bond acceptors (Lipinski definition) is 4. The molecule has 1 N–H and O–H groups in total. The van der Waals surface area contributed by atoms with Crippen molar-refractivity contribution >= 4 is 11.9 Å². The van der Waals surface area contributed by atoms with E-state index in [-0.39, 0.29) is 30.9 Å². The first kappa shape index (κ1) is 15.0. The van der Waals surface area contributed by atoms with Gasteiger partial charge in [0.1, 0.15) is 5.75 Å². The summed E-state index contributed by atoms with van der Waals surface area (Å²) in [6.45, 7) is 3.58. The lowest BCUT2D eigenvalue weighted by Crippen LogP contribution is -2.37. The van der Waals surface area contributed by atoms with E-state index in [9.17, 15) is 9.59 Å². The molecule has 1 rings (SSSR count). The molecule has 1 aromatic carbocycles. The first-order chi connectivity index (χ1) is 9.02. The van der Waals surface area contributed by atoms with Crippen LogP contribution in [0.5, 0.6) is 5.75 Å². The molecule has 0 radical (unpaired) electrons. The van der Waals surface area contributed by atoms with E-state index in [0.717, 1.165) is 5.56 Å². The monoisotopic (exact) mass is 265 g/mol. The highest BCUT2D eigenvalue weighted by Gasteiger charge is 2.12. The van der Waals surface area contributed by atoms with Crippen molar-refractivity contribution in [3.63, 3.8) is 0 Å². The Morgan fingerprint density at radius 3 is 2.63 bits per heavy atom. The molecule has 19 heavy (non-hydrogen) atoms. The third-order valence-electron chi connectivity index (χ3n) is 2.56. The summed E-state index contributed by atoms with van der Waals surface area (Å²) in [7, 11) is 1.32. The van der Waals surface area contributed by atoms with Gasteiger partial charge in [-0.1, -0.05) is 18.2 Å². The predicted octanol–water partition coefficient (Wildman–Crippen LogP) is 1.44. The number of hydrogen-bond donors (Lipinski definition) is 1. The van der Waals surface area contributed by atoms with Gasteiger partial charge < -0.3 is 14.8 Å². The van der Waals surface area contributed by atoms with Crippen LogP contribution in [0, 0.1) is 6.92 Å². The summed E-state index contributed by atoms with van der Waals surface area (Å²) in [6.07, 6.45) is 0.145. The predicted molar refractivity (Wildman–Crippen MR) is 70.9 cm³/mol. The van der Waals surface area contributed by atoms with Crippen molar-refractivity contribution in [2.75, 3.05) is 13.7 Å². The topological polar surface area (TPSA) is 64.6 Å². The van der Waals surface area contributed by atoms with E-state index < -0.39 is 0 Å². The van der Waals surface area contributed by atoms with Crippen LogP contribution in [0.2, 0.25) is 0 Å². The van der Waals surface area contributed by atoms with E-state index in [0.29, 0.717) is 5.75 Å². The highest BCUT2D eigenvalue weighted by atomic mass is 16.5. The summed E-state index contributed by atoms with van der Waals surface area (Å²) in [5.41, 5.74) is 0.970. The van der Waals surface area contributed by atoms with Crippen molar-refractivity contribution in [3.8, 4) is 5.75 Å². The van der Waals surface area contributed by atoms with E-state index in [2.05, 4.69) is 10.1 Å². The number of esters is 1. The number of carbonyl (C=O) groups is 2. The Morgan fingerprint density at radius 1 is 1.32 bits per heavy atom. The number of para-hydroxylation sites is 1. The van der Waals surface area contributed by atoms with Gasteiger partial charge in [0.25, 0.3) is 5.91 Å². The van der Waals surface area contributed by atoms with Gasteiger partial charge in [-0.05, 0) is 25.5 Å².